The van der Waals surface area contributed by atoms with Crippen molar-refractivity contribution in [1.29, 1.82) is 5.26 Å². The van der Waals surface area contributed by atoms with Crippen molar-refractivity contribution in [2.45, 2.75) is 12.5 Å². The normalized spacial score (nSPS) is 37.0. The molecular formula is C18H15N3O4. The summed E-state index contributed by atoms with van der Waals surface area (Å²) >= 11 is 0. The number of oxime groups is 1. The van der Waals surface area contributed by atoms with Crippen LogP contribution in [0.2, 0.25) is 0 Å². The molecule has 25 heavy (non-hydrogen) atoms. The van der Waals surface area contributed by atoms with E-state index in [-0.39, 0.29) is 54.1 Å². The second-order valence-corrected chi connectivity index (χ2v) is 6.98. The minimum absolute atomic E-state index is 0.0188. The first-order valence-electron chi connectivity index (χ1n) is 8.38. The van der Waals surface area contributed by atoms with Crippen molar-refractivity contribution < 1.29 is 19.2 Å². The molecule has 0 radical (unpaired) electrons. The van der Waals surface area contributed by atoms with Gasteiger partial charge in [0, 0.05) is 17.4 Å². The summed E-state index contributed by atoms with van der Waals surface area (Å²) in [6.07, 6.45) is 0.645. The molecule has 2 bridgehead atoms. The molecule has 0 spiro atoms. The summed E-state index contributed by atoms with van der Waals surface area (Å²) in [5, 5.41) is 15.5. The first-order chi connectivity index (χ1) is 12.2. The Morgan fingerprint density at radius 2 is 1.96 bits per heavy atom. The Morgan fingerprint density at radius 3 is 2.76 bits per heavy atom. The van der Waals surface area contributed by atoms with Gasteiger partial charge in [-0.15, -0.1) is 0 Å². The predicted octanol–water partition coefficient (Wildman–Crippen LogP) is 0.847. The number of nitriles is 1. The summed E-state index contributed by atoms with van der Waals surface area (Å²) in [6, 6.07) is 9.37. The SMILES string of the molecule is N#CCOc1ccccc1C1=NO[C@@H]2[C@H]3C[C@H]([C@H]4C(=O)NC(=O)[C@@H]34)[C@H]12. The van der Waals surface area contributed by atoms with Gasteiger partial charge in [0.05, 0.1) is 17.5 Å². The molecule has 2 amide bonds. The minimum atomic E-state index is -0.280. The monoisotopic (exact) mass is 337 g/mol. The number of nitrogens with one attached hydrogen (secondary N) is 1. The third kappa shape index (κ3) is 1.82. The Morgan fingerprint density at radius 1 is 1.20 bits per heavy atom. The van der Waals surface area contributed by atoms with E-state index in [2.05, 4.69) is 10.5 Å². The Bertz CT molecular complexity index is 858. The predicted molar refractivity (Wildman–Crippen MR) is 84.2 cm³/mol. The summed E-state index contributed by atoms with van der Waals surface area (Å²) in [6.45, 7) is -0.0487. The Hall–Kier alpha value is -2.88. The lowest BCUT2D eigenvalue weighted by Crippen LogP contribution is -2.41. The quantitative estimate of drug-likeness (QED) is 0.824. The highest BCUT2D eigenvalue weighted by molar-refractivity contribution is 6.09. The van der Waals surface area contributed by atoms with Gasteiger partial charge in [-0.2, -0.15) is 5.26 Å². The van der Waals surface area contributed by atoms with E-state index >= 15 is 0 Å². The largest absolute Gasteiger partial charge is 0.478 e. The van der Waals surface area contributed by atoms with E-state index in [1.54, 1.807) is 6.07 Å². The number of fused-ring (bicyclic) bond motifs is 8. The van der Waals surface area contributed by atoms with Crippen molar-refractivity contribution in [1.82, 2.24) is 5.32 Å². The fraction of sp³-hybridized carbons (Fsp3) is 0.444. The topological polar surface area (TPSA) is 101 Å². The number of ether oxygens (including phenoxy) is 1. The molecule has 7 nitrogen and oxygen atoms in total. The summed E-state index contributed by atoms with van der Waals surface area (Å²) in [4.78, 5) is 30.0. The zero-order chi connectivity index (χ0) is 17.1. The third-order valence-corrected chi connectivity index (χ3v) is 5.99. The molecule has 3 fully saturated rings. The summed E-state index contributed by atoms with van der Waals surface area (Å²) < 4.78 is 5.52. The fourth-order valence-corrected chi connectivity index (χ4v) is 5.19. The molecule has 126 valence electrons. The second kappa shape index (κ2) is 5.06. The fourth-order valence-electron chi connectivity index (χ4n) is 5.19. The van der Waals surface area contributed by atoms with Crippen molar-refractivity contribution in [2.24, 2.45) is 34.7 Å². The number of rotatable bonds is 3. The number of nitrogens with zero attached hydrogens (tertiary/aromatic N) is 2. The van der Waals surface area contributed by atoms with Gasteiger partial charge in [0.25, 0.3) is 0 Å². The molecule has 2 heterocycles. The van der Waals surface area contributed by atoms with Crippen LogP contribution < -0.4 is 10.1 Å². The highest BCUT2D eigenvalue weighted by Crippen LogP contribution is 2.60. The zero-order valence-corrected chi connectivity index (χ0v) is 13.2. The molecule has 1 aromatic rings. The van der Waals surface area contributed by atoms with Gasteiger partial charge in [0.2, 0.25) is 11.8 Å². The van der Waals surface area contributed by atoms with Crippen molar-refractivity contribution in [3.05, 3.63) is 29.8 Å². The molecule has 2 aliphatic heterocycles. The van der Waals surface area contributed by atoms with E-state index in [1.807, 2.05) is 24.3 Å². The summed E-state index contributed by atoms with van der Waals surface area (Å²) in [7, 11) is 0. The Balaban J connectivity index is 1.51. The molecule has 0 unspecified atom stereocenters. The van der Waals surface area contributed by atoms with Crippen LogP contribution in [0.1, 0.15) is 12.0 Å². The van der Waals surface area contributed by atoms with E-state index in [9.17, 15) is 9.59 Å². The molecule has 5 rings (SSSR count). The van der Waals surface area contributed by atoms with Crippen molar-refractivity contribution in [3.63, 3.8) is 0 Å². The van der Waals surface area contributed by atoms with Crippen LogP contribution in [0.4, 0.5) is 0 Å². The third-order valence-electron chi connectivity index (χ3n) is 5.99. The molecule has 6 atom stereocenters. The number of hydrogen-bond donors (Lipinski definition) is 1. The number of carbonyl (C=O) groups excluding carboxylic acids is 2. The number of carbonyl (C=O) groups is 2. The van der Waals surface area contributed by atoms with Crippen LogP contribution in [-0.4, -0.2) is 30.2 Å². The zero-order valence-electron chi connectivity index (χ0n) is 13.2. The lowest BCUT2D eigenvalue weighted by Gasteiger charge is -2.30. The molecule has 7 heteroatoms. The lowest BCUT2D eigenvalue weighted by atomic mass is 9.71. The molecule has 0 aromatic heterocycles. The molecule has 2 aliphatic carbocycles. The standard InChI is InChI=1S/C18H15N3O4/c19-5-6-24-11-4-2-1-3-8(11)15-14-9-7-10(16(14)25-21-15)13-12(9)17(22)20-18(13)23/h1-4,9-10,12-14,16H,6-7H2,(H,20,22,23)/t9-,10+,12-,13+,14-,16-/m1/s1. The van der Waals surface area contributed by atoms with E-state index in [0.717, 1.165) is 17.7 Å². The summed E-state index contributed by atoms with van der Waals surface area (Å²) in [5.41, 5.74) is 1.55. The van der Waals surface area contributed by atoms with E-state index in [4.69, 9.17) is 14.8 Å². The van der Waals surface area contributed by atoms with E-state index in [0.29, 0.717) is 5.75 Å². The van der Waals surface area contributed by atoms with Crippen LogP contribution in [0, 0.1) is 40.9 Å². The summed E-state index contributed by atoms with van der Waals surface area (Å²) in [5.74, 6) is -0.252. The molecule has 2 saturated carbocycles. The van der Waals surface area contributed by atoms with Gasteiger partial charge in [0.1, 0.15) is 17.9 Å². The first-order valence-corrected chi connectivity index (χ1v) is 8.38. The van der Waals surface area contributed by atoms with Gasteiger partial charge in [-0.25, -0.2) is 0 Å². The van der Waals surface area contributed by atoms with Gasteiger partial charge < -0.3 is 9.57 Å². The maximum absolute atomic E-state index is 12.2. The van der Waals surface area contributed by atoms with Gasteiger partial charge in [0.15, 0.2) is 6.61 Å². The van der Waals surface area contributed by atoms with Gasteiger partial charge in [-0.1, -0.05) is 17.3 Å². The number of para-hydroxylation sites is 1. The molecule has 4 aliphatic rings. The highest BCUT2D eigenvalue weighted by atomic mass is 16.6. The Labute approximate surface area is 143 Å². The van der Waals surface area contributed by atoms with Gasteiger partial charge in [-0.05, 0) is 24.5 Å². The van der Waals surface area contributed by atoms with Crippen LogP contribution in [-0.2, 0) is 14.4 Å². The number of hydrogen-bond acceptors (Lipinski definition) is 6. The maximum atomic E-state index is 12.2. The lowest BCUT2D eigenvalue weighted by molar-refractivity contribution is -0.127. The Kier molecular flexibility index (Phi) is 2.93. The molecule has 1 saturated heterocycles. The van der Waals surface area contributed by atoms with Gasteiger partial charge >= 0.3 is 0 Å². The van der Waals surface area contributed by atoms with Crippen LogP contribution in [0.3, 0.4) is 0 Å². The van der Waals surface area contributed by atoms with Crippen LogP contribution in [0.5, 0.6) is 5.75 Å². The molecule has 1 aromatic carbocycles. The van der Waals surface area contributed by atoms with Crippen LogP contribution in [0.25, 0.3) is 0 Å². The molecule has 1 N–H and O–H groups in total. The average Bonchev–Trinajstić information content (AvgIpc) is 3.34. The second-order valence-electron chi connectivity index (χ2n) is 6.98. The van der Waals surface area contributed by atoms with Crippen molar-refractivity contribution in [2.75, 3.05) is 6.61 Å². The number of benzene rings is 1. The minimum Gasteiger partial charge on any atom is -0.478 e. The first kappa shape index (κ1) is 14.5. The van der Waals surface area contributed by atoms with Gasteiger partial charge in [-0.3, -0.25) is 14.9 Å². The number of imide groups is 1. The van der Waals surface area contributed by atoms with Crippen LogP contribution in [0.15, 0.2) is 29.4 Å². The van der Waals surface area contributed by atoms with Crippen molar-refractivity contribution in [3.8, 4) is 11.8 Å². The molecular weight excluding hydrogens is 322 g/mol. The maximum Gasteiger partial charge on any atom is 0.230 e. The smallest absolute Gasteiger partial charge is 0.230 e. The van der Waals surface area contributed by atoms with E-state index < -0.39 is 0 Å². The van der Waals surface area contributed by atoms with Crippen molar-refractivity contribution >= 4 is 17.5 Å². The highest BCUT2D eigenvalue weighted by Gasteiger charge is 2.68. The van der Waals surface area contributed by atoms with Crippen LogP contribution >= 0.6 is 0 Å². The number of amides is 2. The van der Waals surface area contributed by atoms with E-state index in [1.165, 1.54) is 0 Å². The average molecular weight is 337 g/mol.